The summed E-state index contributed by atoms with van der Waals surface area (Å²) in [5.74, 6) is -2.56. The highest BCUT2D eigenvalue weighted by atomic mass is 32.2. The van der Waals surface area contributed by atoms with Crippen LogP contribution in [-0.2, 0) is 55.5 Å². The fourth-order valence-electron chi connectivity index (χ4n) is 9.01. The van der Waals surface area contributed by atoms with Gasteiger partial charge in [0.1, 0.15) is 28.7 Å². The Kier molecular flexibility index (Phi) is 19.2. The molecule has 22 heteroatoms. The maximum absolute atomic E-state index is 15.7. The summed E-state index contributed by atoms with van der Waals surface area (Å²) in [6.45, 7) is 5.13. The Morgan fingerprint density at radius 2 is 1.48 bits per heavy atom. The Morgan fingerprint density at radius 1 is 0.787 bits per heavy atom. The van der Waals surface area contributed by atoms with Crippen LogP contribution in [-0.4, -0.2) is 170 Å². The monoisotopic (exact) mass is 1050 g/mol. The number of nitrogens with one attached hydrogen (secondary N) is 3. The lowest BCUT2D eigenvalue weighted by atomic mass is 9.94. The smallest absolute Gasteiger partial charge is 0.264 e. The van der Waals surface area contributed by atoms with Crippen LogP contribution in [0.2, 0.25) is 0 Å². The number of anilines is 2. The van der Waals surface area contributed by atoms with Crippen LogP contribution in [0.3, 0.4) is 0 Å². The second-order valence-electron chi connectivity index (χ2n) is 18.3. The molecule has 0 radical (unpaired) electrons. The minimum absolute atomic E-state index is 0.0729. The Bertz CT molecular complexity index is 2780. The largest absolute Gasteiger partial charge is 0.383 e. The number of rotatable bonds is 29. The Hall–Kier alpha value is -6.53. The first-order chi connectivity index (χ1) is 36.4. The van der Waals surface area contributed by atoms with Gasteiger partial charge in [0.25, 0.3) is 23.6 Å². The van der Waals surface area contributed by atoms with Gasteiger partial charge in [-0.1, -0.05) is 24.3 Å². The second-order valence-corrected chi connectivity index (χ2v) is 19.7. The van der Waals surface area contributed by atoms with Crippen LogP contribution in [0.15, 0.2) is 71.8 Å². The fourth-order valence-corrected chi connectivity index (χ4v) is 10.4. The molecule has 2 unspecified atom stereocenters. The Balaban J connectivity index is 0.623. The second kappa shape index (κ2) is 26.3. The van der Waals surface area contributed by atoms with Crippen LogP contribution in [0.5, 0.6) is 0 Å². The van der Waals surface area contributed by atoms with Crippen LogP contribution in [0, 0.1) is 5.82 Å². The summed E-state index contributed by atoms with van der Waals surface area (Å²) >= 11 is 0. The zero-order valence-electron chi connectivity index (χ0n) is 41.9. The van der Waals surface area contributed by atoms with Gasteiger partial charge < -0.3 is 45.4 Å². The molecule has 6 amide bonds. The number of pyridine rings is 1. The molecule has 3 aromatic carbocycles. The molecule has 20 nitrogen and oxygen atoms in total. The molecule has 1 aromatic heterocycles. The first kappa shape index (κ1) is 54.7. The maximum atomic E-state index is 15.7. The zero-order valence-corrected chi connectivity index (χ0v) is 42.7. The summed E-state index contributed by atoms with van der Waals surface area (Å²) in [4.78, 5) is 82.4. The van der Waals surface area contributed by atoms with E-state index in [9.17, 15) is 33.0 Å². The molecule has 4 aromatic rings. The van der Waals surface area contributed by atoms with E-state index in [0.29, 0.717) is 131 Å². The van der Waals surface area contributed by atoms with Gasteiger partial charge >= 0.3 is 0 Å². The van der Waals surface area contributed by atoms with E-state index in [2.05, 4.69) is 20.9 Å². The number of carbonyl (C=O) groups is 6. The van der Waals surface area contributed by atoms with Crippen LogP contribution in [0.1, 0.15) is 75.2 Å². The van der Waals surface area contributed by atoms with Crippen molar-refractivity contribution in [1.82, 2.24) is 29.7 Å². The normalized spacial score (nSPS) is 16.8. The Labute approximate surface area is 436 Å². The average Bonchev–Trinajstić information content (AvgIpc) is 4.22. The molecule has 400 valence electrons. The third-order valence-corrected chi connectivity index (χ3v) is 14.7. The molecule has 5 N–H and O–H groups in total. The molecule has 0 spiro atoms. The molecule has 2 atom stereocenters. The molecule has 2 fully saturated rings. The van der Waals surface area contributed by atoms with Crippen LogP contribution >= 0.6 is 0 Å². The van der Waals surface area contributed by atoms with E-state index >= 15 is 4.39 Å². The van der Waals surface area contributed by atoms with E-state index in [0.717, 1.165) is 33.8 Å². The highest BCUT2D eigenvalue weighted by Gasteiger charge is 2.47. The molecule has 4 heterocycles. The van der Waals surface area contributed by atoms with Gasteiger partial charge in [-0.05, 0) is 79.6 Å². The summed E-state index contributed by atoms with van der Waals surface area (Å²) in [5, 5.41) is 8.87. The number of nitrogens with zero attached hydrogens (tertiary/aromatic N) is 4. The SMILES string of the molecule is CN1C(=O)CCC(N2C(=O)c3cccc(NCCOCCOCCOCCOCCOCCC(=O)NCCCN(C4CC4)S(=O)c4ccc(-c5cnc(N)c(-c6ccc7c(c6)CCNC7=O)c5)c(F)c4)c3C2=O)C1=O. The lowest BCUT2D eigenvalue weighted by Crippen LogP contribution is -2.54. The lowest BCUT2D eigenvalue weighted by molar-refractivity contribution is -0.149. The van der Waals surface area contributed by atoms with E-state index in [1.54, 1.807) is 42.5 Å². The number of fused-ring (bicyclic) bond motifs is 2. The Morgan fingerprint density at radius 3 is 2.19 bits per heavy atom. The van der Waals surface area contributed by atoms with Crippen molar-refractivity contribution >= 4 is 57.9 Å². The average molecular weight is 1060 g/mol. The molecule has 0 bridgehead atoms. The number of likely N-dealkylation sites (N-methyl/N-ethyl adjacent to an activating group) is 1. The van der Waals surface area contributed by atoms with Crippen molar-refractivity contribution in [3.8, 4) is 22.3 Å². The van der Waals surface area contributed by atoms with Crippen molar-refractivity contribution < 1.29 is 61.1 Å². The predicted molar refractivity (Wildman–Crippen MR) is 274 cm³/mol. The standard InChI is InChI=1S/C53H63FN8O12S/c1-60-47(64)13-12-45(52(60)67)62-51(66)41-4-2-5-44(48(41)53(62)68)56-18-21-71-23-25-73-27-29-74-28-26-72-24-22-70-20-15-46(63)57-16-3-19-61(37-7-8-37)75(69)38-9-11-39(43(54)32-38)36-31-42(49(55)59-33-36)34-6-10-40-35(30-34)14-17-58-50(40)65/h2,4-6,9-11,30-33,37,45,56H,3,7-8,12-29H2,1H3,(H2,55,59)(H,57,63)(H,58,65). The number of nitrogens with two attached hydrogens (primary N) is 1. The van der Waals surface area contributed by atoms with Crippen LogP contribution in [0.25, 0.3) is 22.3 Å². The number of halogens is 1. The van der Waals surface area contributed by atoms with Gasteiger partial charge in [0.15, 0.2) is 0 Å². The van der Waals surface area contributed by atoms with Crippen molar-refractivity contribution in [2.24, 2.45) is 0 Å². The topological polar surface area (TPSA) is 250 Å². The van der Waals surface area contributed by atoms with Crippen molar-refractivity contribution in [1.29, 1.82) is 0 Å². The molecular weight excluding hydrogens is 992 g/mol. The number of hydrogen-bond donors (Lipinski definition) is 4. The number of piperidine rings is 1. The van der Waals surface area contributed by atoms with Gasteiger partial charge in [-0.3, -0.25) is 38.6 Å². The number of carbonyl (C=O) groups excluding carboxylic acids is 6. The van der Waals surface area contributed by atoms with Gasteiger partial charge in [-0.25, -0.2) is 17.9 Å². The summed E-state index contributed by atoms with van der Waals surface area (Å²) in [6.07, 6.45) is 4.91. The molecule has 1 aliphatic carbocycles. The van der Waals surface area contributed by atoms with Gasteiger partial charge in [0, 0.05) is 86.2 Å². The molecule has 1 saturated carbocycles. The molecular formula is C53H63FN8O12S. The van der Waals surface area contributed by atoms with E-state index in [1.165, 1.54) is 19.3 Å². The van der Waals surface area contributed by atoms with E-state index in [4.69, 9.17) is 29.4 Å². The minimum atomic E-state index is -1.61. The van der Waals surface area contributed by atoms with Crippen molar-refractivity contribution in [2.75, 3.05) is 110 Å². The van der Waals surface area contributed by atoms with Gasteiger partial charge in [-0.15, -0.1) is 0 Å². The van der Waals surface area contributed by atoms with Gasteiger partial charge in [0.2, 0.25) is 11.8 Å². The third-order valence-electron chi connectivity index (χ3n) is 13.2. The molecule has 3 aliphatic heterocycles. The lowest BCUT2D eigenvalue weighted by Gasteiger charge is -2.32. The number of hydrogen-bond acceptors (Lipinski definition) is 15. The summed E-state index contributed by atoms with van der Waals surface area (Å²) in [6, 6.07) is 15.9. The van der Waals surface area contributed by atoms with E-state index in [-0.39, 0.29) is 66.6 Å². The summed E-state index contributed by atoms with van der Waals surface area (Å²) in [7, 11) is -0.254. The van der Waals surface area contributed by atoms with Gasteiger partial charge in [0.05, 0.1) is 82.1 Å². The highest BCUT2D eigenvalue weighted by molar-refractivity contribution is 7.82. The molecule has 8 rings (SSSR count). The summed E-state index contributed by atoms with van der Waals surface area (Å²) in [5.41, 5.74) is 10.9. The third kappa shape index (κ3) is 13.9. The molecule has 75 heavy (non-hydrogen) atoms. The number of ether oxygens (including phenoxy) is 5. The van der Waals surface area contributed by atoms with E-state index in [1.807, 2.05) is 16.4 Å². The van der Waals surface area contributed by atoms with Gasteiger partial charge in [-0.2, -0.15) is 0 Å². The fraction of sp³-hybridized carbons (Fsp3) is 0.453. The highest BCUT2D eigenvalue weighted by Crippen LogP contribution is 2.36. The maximum Gasteiger partial charge on any atom is 0.264 e. The quantitative estimate of drug-likeness (QED) is 0.0447. The number of likely N-dealkylation sites (tertiary alicyclic amines) is 1. The number of nitrogen functional groups attached to an aromatic ring is 1. The molecule has 4 aliphatic rings. The zero-order chi connectivity index (χ0) is 52.8. The summed E-state index contributed by atoms with van der Waals surface area (Å²) < 4.78 is 59.1. The number of benzene rings is 3. The first-order valence-corrected chi connectivity index (χ1v) is 26.4. The molecule has 1 saturated heterocycles. The minimum Gasteiger partial charge on any atom is -0.383 e. The van der Waals surface area contributed by atoms with E-state index < -0.39 is 40.6 Å². The van der Waals surface area contributed by atoms with Crippen molar-refractivity contribution in [3.63, 3.8) is 0 Å². The van der Waals surface area contributed by atoms with Crippen molar-refractivity contribution in [3.05, 3.63) is 94.9 Å². The predicted octanol–water partition coefficient (Wildman–Crippen LogP) is 3.74. The first-order valence-electron chi connectivity index (χ1n) is 25.3. The van der Waals surface area contributed by atoms with Crippen LogP contribution < -0.4 is 21.7 Å². The van der Waals surface area contributed by atoms with Crippen molar-refractivity contribution in [2.45, 2.75) is 61.9 Å². The number of aromatic nitrogens is 1. The number of imide groups is 2. The van der Waals surface area contributed by atoms with Crippen LogP contribution in [0.4, 0.5) is 15.9 Å². The number of amides is 6.